The van der Waals surface area contributed by atoms with Crippen LogP contribution in [-0.4, -0.2) is 97.9 Å². The van der Waals surface area contributed by atoms with Gasteiger partial charge in [-0.3, -0.25) is 39.3 Å². The molecule has 21 heteroatoms. The highest BCUT2D eigenvalue weighted by Crippen LogP contribution is 2.42. The number of nitrogens with zero attached hydrogens (tertiary/aromatic N) is 7. The van der Waals surface area contributed by atoms with Crippen LogP contribution in [0.2, 0.25) is 0 Å². The van der Waals surface area contributed by atoms with Gasteiger partial charge in [0.25, 0.3) is 11.5 Å². The SMILES string of the molecule is CC(=O)Nc1ncc(N(C(N)=O)C(C(=O)NC2C(=O)N3C(C(=O)O)=C(CSc4nnnn4C)CS[C@@H]23)c2ccc(O)cc2)c(=O)[nH]1. The third-order valence-electron chi connectivity index (χ3n) is 6.79. The smallest absolute Gasteiger partial charge is 0.352 e. The van der Waals surface area contributed by atoms with Crippen LogP contribution in [0.3, 0.4) is 0 Å². The van der Waals surface area contributed by atoms with Gasteiger partial charge in [0.15, 0.2) is 0 Å². The first-order chi connectivity index (χ1) is 21.9. The van der Waals surface area contributed by atoms with Crippen molar-refractivity contribution >= 4 is 64.9 Å². The fourth-order valence-electron chi connectivity index (χ4n) is 4.77. The molecule has 2 aromatic heterocycles. The largest absolute Gasteiger partial charge is 0.508 e. The van der Waals surface area contributed by atoms with Gasteiger partial charge in [-0.15, -0.1) is 16.9 Å². The lowest BCUT2D eigenvalue weighted by Crippen LogP contribution is -2.71. The molecule has 0 spiro atoms. The number of nitrogens with one attached hydrogen (secondary N) is 3. The molecule has 4 heterocycles. The molecule has 19 nitrogen and oxygen atoms in total. The van der Waals surface area contributed by atoms with Gasteiger partial charge in [0.2, 0.25) is 22.9 Å². The number of aromatic nitrogens is 6. The van der Waals surface area contributed by atoms with E-state index in [1.165, 1.54) is 59.4 Å². The third-order valence-corrected chi connectivity index (χ3v) is 9.23. The molecule has 240 valence electrons. The Balaban J connectivity index is 1.43. The van der Waals surface area contributed by atoms with E-state index in [0.29, 0.717) is 15.6 Å². The summed E-state index contributed by atoms with van der Waals surface area (Å²) in [4.78, 5) is 84.6. The number of H-pyrrole nitrogens is 1. The second-order valence-corrected chi connectivity index (χ2v) is 11.9. The van der Waals surface area contributed by atoms with Crippen molar-refractivity contribution in [3.05, 3.63) is 57.6 Å². The van der Waals surface area contributed by atoms with Crippen molar-refractivity contribution in [3.63, 3.8) is 0 Å². The van der Waals surface area contributed by atoms with Crippen molar-refractivity contribution < 1.29 is 34.2 Å². The maximum atomic E-state index is 13.9. The normalized spacial score (nSPS) is 17.9. The monoisotopic (exact) mass is 671 g/mol. The fraction of sp³-hybridized carbons (Fsp3) is 0.280. The standard InChI is InChI=1S/C25H25N11O8S2/c1-10(37)28-24-27-7-14(18(39)30-24)35(23(26)44)16(11-3-5-13(38)6-4-11)19(40)29-15-20(41)36-17(22(42)43)12(8-45-21(15)36)9-46-25-31-32-33-34(25)2/h3-7,15-16,21,38H,8-9H2,1-2H3,(H2,26,44)(H,29,40)(H,42,43)(H2,27,28,30,37,39)/t15?,16?,21-/m0/s1. The molecule has 5 amide bonds. The number of carboxylic acids is 1. The lowest BCUT2D eigenvalue weighted by Gasteiger charge is -2.49. The van der Waals surface area contributed by atoms with Crippen LogP contribution in [0, 0.1) is 0 Å². The van der Waals surface area contributed by atoms with Crippen molar-refractivity contribution in [2.24, 2.45) is 12.8 Å². The number of amides is 5. The number of nitrogens with two attached hydrogens (primary N) is 1. The minimum atomic E-state index is -1.65. The zero-order chi connectivity index (χ0) is 33.3. The Morgan fingerprint density at radius 2 is 1.96 bits per heavy atom. The van der Waals surface area contributed by atoms with Crippen LogP contribution in [0.15, 0.2) is 51.7 Å². The highest BCUT2D eigenvalue weighted by atomic mass is 32.2. The van der Waals surface area contributed by atoms with Gasteiger partial charge in [0, 0.05) is 25.5 Å². The van der Waals surface area contributed by atoms with E-state index in [0.717, 1.165) is 11.1 Å². The minimum Gasteiger partial charge on any atom is -0.508 e. The van der Waals surface area contributed by atoms with Gasteiger partial charge in [0.05, 0.1) is 6.20 Å². The van der Waals surface area contributed by atoms with Crippen molar-refractivity contribution in [3.8, 4) is 5.75 Å². The molecule has 5 rings (SSSR count). The maximum Gasteiger partial charge on any atom is 0.352 e. The van der Waals surface area contributed by atoms with E-state index in [1.54, 1.807) is 7.05 Å². The summed E-state index contributed by atoms with van der Waals surface area (Å²) in [6, 6.07) is 1.03. The summed E-state index contributed by atoms with van der Waals surface area (Å²) in [5, 5.41) is 35.5. The number of primary amides is 1. The first-order valence-electron chi connectivity index (χ1n) is 13.2. The number of aryl methyl sites for hydroxylation is 1. The summed E-state index contributed by atoms with van der Waals surface area (Å²) in [6.45, 7) is 1.19. The zero-order valence-corrected chi connectivity index (χ0v) is 25.5. The molecule has 3 atom stereocenters. The number of carbonyl (C=O) groups excluding carboxylic acids is 4. The van der Waals surface area contributed by atoms with E-state index in [1.807, 2.05) is 0 Å². The highest BCUT2D eigenvalue weighted by Gasteiger charge is 2.55. The van der Waals surface area contributed by atoms with Crippen LogP contribution in [0.25, 0.3) is 0 Å². The second kappa shape index (κ2) is 12.9. The number of hydrogen-bond donors (Lipinski definition) is 6. The van der Waals surface area contributed by atoms with Gasteiger partial charge >= 0.3 is 12.0 Å². The Morgan fingerprint density at radius 3 is 2.54 bits per heavy atom. The highest BCUT2D eigenvalue weighted by molar-refractivity contribution is 8.01. The molecule has 0 bridgehead atoms. The molecule has 7 N–H and O–H groups in total. The number of fused-ring (bicyclic) bond motifs is 1. The number of thioether (sulfide) groups is 2. The molecular formula is C25H25N11O8S2. The summed E-state index contributed by atoms with van der Waals surface area (Å²) in [7, 11) is 1.63. The number of β-lactam (4-membered cyclic amide) rings is 1. The quantitative estimate of drug-likeness (QED) is 0.113. The topological polar surface area (TPSA) is 272 Å². The zero-order valence-electron chi connectivity index (χ0n) is 23.9. The number of aromatic hydroxyl groups is 1. The molecule has 3 aromatic rings. The Labute approximate surface area is 266 Å². The van der Waals surface area contributed by atoms with Crippen LogP contribution in [0.4, 0.5) is 16.4 Å². The van der Waals surface area contributed by atoms with E-state index in [2.05, 4.69) is 36.1 Å². The van der Waals surface area contributed by atoms with E-state index in [9.17, 15) is 39.0 Å². The second-order valence-electron chi connectivity index (χ2n) is 9.86. The number of tetrazole rings is 1. The molecule has 0 radical (unpaired) electrons. The molecule has 2 unspecified atom stereocenters. The van der Waals surface area contributed by atoms with Gasteiger partial charge in [0.1, 0.15) is 34.6 Å². The summed E-state index contributed by atoms with van der Waals surface area (Å²) in [6.07, 6.45) is 0.934. The lowest BCUT2D eigenvalue weighted by molar-refractivity contribution is -0.150. The Hall–Kier alpha value is -5.44. The number of aromatic amines is 1. The number of anilines is 2. The van der Waals surface area contributed by atoms with E-state index in [-0.39, 0.29) is 34.5 Å². The molecule has 1 fully saturated rings. The predicted octanol–water partition coefficient (Wildman–Crippen LogP) is -0.885. The molecule has 2 aliphatic rings. The van der Waals surface area contributed by atoms with E-state index < -0.39 is 58.4 Å². The average molecular weight is 672 g/mol. The van der Waals surface area contributed by atoms with Gasteiger partial charge in [-0.25, -0.2) is 19.3 Å². The number of aliphatic carboxylic acids is 1. The third kappa shape index (κ3) is 6.21. The number of carboxylic acid groups (broad SMARTS) is 1. The molecule has 1 saturated heterocycles. The van der Waals surface area contributed by atoms with Crippen LogP contribution in [0.1, 0.15) is 18.5 Å². The Kier molecular flexibility index (Phi) is 8.96. The minimum absolute atomic E-state index is 0.100. The van der Waals surface area contributed by atoms with Crippen LogP contribution >= 0.6 is 23.5 Å². The van der Waals surface area contributed by atoms with Crippen molar-refractivity contribution in [1.29, 1.82) is 0 Å². The summed E-state index contributed by atoms with van der Waals surface area (Å²) in [5.41, 5.74) is 4.61. The van der Waals surface area contributed by atoms with Gasteiger partial charge in [-0.1, -0.05) is 23.9 Å². The fourth-order valence-corrected chi connectivity index (χ4v) is 7.11. The average Bonchev–Trinajstić information content (AvgIpc) is 3.41. The first kappa shape index (κ1) is 32.0. The number of hydrogen-bond acceptors (Lipinski definition) is 13. The van der Waals surface area contributed by atoms with Crippen molar-refractivity contribution in [2.45, 2.75) is 29.5 Å². The maximum absolute atomic E-state index is 13.9. The van der Waals surface area contributed by atoms with Gasteiger partial charge < -0.3 is 21.3 Å². The molecule has 46 heavy (non-hydrogen) atoms. The molecule has 2 aliphatic heterocycles. The number of carbonyl (C=O) groups is 5. The molecule has 0 saturated carbocycles. The molecule has 1 aromatic carbocycles. The lowest BCUT2D eigenvalue weighted by atomic mass is 10.00. The summed E-state index contributed by atoms with van der Waals surface area (Å²) in [5.74, 6) is -3.48. The van der Waals surface area contributed by atoms with Crippen molar-refractivity contribution in [2.75, 3.05) is 21.7 Å². The number of urea groups is 1. The van der Waals surface area contributed by atoms with E-state index in [4.69, 9.17) is 5.73 Å². The Morgan fingerprint density at radius 1 is 1.24 bits per heavy atom. The predicted molar refractivity (Wildman–Crippen MR) is 161 cm³/mol. The van der Waals surface area contributed by atoms with E-state index >= 15 is 0 Å². The van der Waals surface area contributed by atoms with Crippen LogP contribution in [0.5, 0.6) is 5.75 Å². The number of benzene rings is 1. The first-order valence-corrected chi connectivity index (χ1v) is 15.2. The molecular weight excluding hydrogens is 646 g/mol. The number of rotatable bonds is 10. The summed E-state index contributed by atoms with van der Waals surface area (Å²) >= 11 is 2.42. The van der Waals surface area contributed by atoms with Gasteiger partial charge in [-0.05, 0) is 33.7 Å². The number of phenols is 1. The van der Waals surface area contributed by atoms with Gasteiger partial charge in [-0.2, -0.15) is 0 Å². The number of phenolic OH excluding ortho intramolecular Hbond substituents is 1. The van der Waals surface area contributed by atoms with Crippen molar-refractivity contribution in [1.82, 2.24) is 40.4 Å². The van der Waals surface area contributed by atoms with Crippen LogP contribution in [-0.2, 0) is 26.2 Å². The Bertz CT molecular complexity index is 1830. The molecule has 0 aliphatic carbocycles. The van der Waals surface area contributed by atoms with Crippen LogP contribution < -0.4 is 26.8 Å². The summed E-state index contributed by atoms with van der Waals surface area (Å²) < 4.78 is 1.42.